The fourth-order valence-corrected chi connectivity index (χ4v) is 4.60. The first-order valence-corrected chi connectivity index (χ1v) is 9.33. The van der Waals surface area contributed by atoms with E-state index in [9.17, 15) is 9.59 Å². The van der Waals surface area contributed by atoms with Crippen LogP contribution in [-0.4, -0.2) is 22.7 Å². The molecule has 1 heterocycles. The highest BCUT2D eigenvalue weighted by Crippen LogP contribution is 2.49. The lowest BCUT2D eigenvalue weighted by Crippen LogP contribution is -2.41. The molecule has 0 radical (unpaired) electrons. The molecule has 1 amide bonds. The SMILES string of the molecule is CCC(NC(=O)CC1CC2CCC1C2)C(=O)c1nc2ccccc2o1. The molecule has 2 bridgehead atoms. The van der Waals surface area contributed by atoms with Gasteiger partial charge in [0.2, 0.25) is 11.7 Å². The van der Waals surface area contributed by atoms with Gasteiger partial charge < -0.3 is 9.73 Å². The molecule has 5 heteroatoms. The van der Waals surface area contributed by atoms with Crippen molar-refractivity contribution in [1.82, 2.24) is 10.3 Å². The van der Waals surface area contributed by atoms with Crippen molar-refractivity contribution in [3.63, 3.8) is 0 Å². The summed E-state index contributed by atoms with van der Waals surface area (Å²) < 4.78 is 5.56. The molecule has 2 saturated carbocycles. The van der Waals surface area contributed by atoms with Gasteiger partial charge in [0.25, 0.3) is 5.89 Å². The van der Waals surface area contributed by atoms with Gasteiger partial charge in [-0.05, 0) is 55.6 Å². The first-order chi connectivity index (χ1) is 12.1. The van der Waals surface area contributed by atoms with E-state index >= 15 is 0 Å². The highest BCUT2D eigenvalue weighted by Gasteiger charge is 2.40. The summed E-state index contributed by atoms with van der Waals surface area (Å²) in [7, 11) is 0. The van der Waals surface area contributed by atoms with Gasteiger partial charge in [-0.1, -0.05) is 25.5 Å². The number of ketones is 1. The van der Waals surface area contributed by atoms with Crippen LogP contribution in [-0.2, 0) is 4.79 Å². The van der Waals surface area contributed by atoms with Gasteiger partial charge in [0.1, 0.15) is 5.52 Å². The van der Waals surface area contributed by atoms with Crippen LogP contribution in [0.15, 0.2) is 28.7 Å². The van der Waals surface area contributed by atoms with E-state index in [1.165, 1.54) is 25.7 Å². The Morgan fingerprint density at radius 3 is 2.80 bits per heavy atom. The van der Waals surface area contributed by atoms with Gasteiger partial charge in [-0.15, -0.1) is 0 Å². The Kier molecular flexibility index (Phi) is 4.32. The normalized spacial score (nSPS) is 26.0. The second-order valence-electron chi connectivity index (χ2n) is 7.52. The van der Waals surface area contributed by atoms with Crippen LogP contribution in [0.1, 0.15) is 56.1 Å². The average Bonchev–Trinajstić information content (AvgIpc) is 3.33. The maximum Gasteiger partial charge on any atom is 0.266 e. The topological polar surface area (TPSA) is 72.2 Å². The van der Waals surface area contributed by atoms with Crippen molar-refractivity contribution < 1.29 is 14.0 Å². The molecule has 1 N–H and O–H groups in total. The summed E-state index contributed by atoms with van der Waals surface area (Å²) in [6, 6.07) is 6.72. The molecule has 1 aromatic heterocycles. The van der Waals surface area contributed by atoms with E-state index < -0.39 is 6.04 Å². The number of nitrogens with zero attached hydrogens (tertiary/aromatic N) is 1. The number of fused-ring (bicyclic) bond motifs is 3. The van der Waals surface area contributed by atoms with E-state index in [2.05, 4.69) is 10.3 Å². The van der Waals surface area contributed by atoms with Crippen LogP contribution < -0.4 is 5.32 Å². The number of hydrogen-bond acceptors (Lipinski definition) is 4. The zero-order valence-corrected chi connectivity index (χ0v) is 14.5. The molecule has 0 aliphatic heterocycles. The Hall–Kier alpha value is -2.17. The fourth-order valence-electron chi connectivity index (χ4n) is 4.60. The van der Waals surface area contributed by atoms with Gasteiger partial charge in [-0.2, -0.15) is 0 Å². The van der Waals surface area contributed by atoms with Crippen molar-refractivity contribution in [2.45, 2.75) is 51.5 Å². The van der Waals surface area contributed by atoms with Gasteiger partial charge in [0, 0.05) is 6.42 Å². The summed E-state index contributed by atoms with van der Waals surface area (Å²) in [5.41, 5.74) is 1.25. The van der Waals surface area contributed by atoms with Crippen molar-refractivity contribution in [3.8, 4) is 0 Å². The molecule has 0 saturated heterocycles. The third-order valence-electron chi connectivity index (χ3n) is 5.90. The predicted molar refractivity (Wildman–Crippen MR) is 94.1 cm³/mol. The minimum Gasteiger partial charge on any atom is -0.434 e. The number of rotatable bonds is 6. The second-order valence-corrected chi connectivity index (χ2v) is 7.52. The summed E-state index contributed by atoms with van der Waals surface area (Å²) >= 11 is 0. The van der Waals surface area contributed by atoms with Gasteiger partial charge in [-0.25, -0.2) is 4.98 Å². The first-order valence-electron chi connectivity index (χ1n) is 9.33. The molecule has 1 aromatic carbocycles. The van der Waals surface area contributed by atoms with Gasteiger partial charge in [0.05, 0.1) is 6.04 Å². The van der Waals surface area contributed by atoms with Crippen LogP contribution in [0.5, 0.6) is 0 Å². The fraction of sp³-hybridized carbons (Fsp3) is 0.550. The Morgan fingerprint density at radius 1 is 1.28 bits per heavy atom. The van der Waals surface area contributed by atoms with Crippen LogP contribution in [0, 0.1) is 17.8 Å². The van der Waals surface area contributed by atoms with Gasteiger partial charge in [0.15, 0.2) is 5.58 Å². The number of hydrogen-bond donors (Lipinski definition) is 1. The largest absolute Gasteiger partial charge is 0.434 e. The smallest absolute Gasteiger partial charge is 0.266 e. The number of carbonyl (C=O) groups is 2. The minimum atomic E-state index is -0.570. The van der Waals surface area contributed by atoms with Crippen LogP contribution in [0.25, 0.3) is 11.1 Å². The standard InChI is InChI=1S/C20H24N2O3/c1-2-15(19(24)20-22-16-5-3-4-6-17(16)25-20)21-18(23)11-14-10-12-7-8-13(14)9-12/h3-6,12-15H,2,7-11H2,1H3,(H,21,23). The second kappa shape index (κ2) is 6.62. The van der Waals surface area contributed by atoms with Crippen molar-refractivity contribution in [3.05, 3.63) is 30.2 Å². The van der Waals surface area contributed by atoms with E-state index in [0.717, 1.165) is 5.92 Å². The molecule has 0 spiro atoms. The van der Waals surface area contributed by atoms with Crippen LogP contribution in [0.3, 0.4) is 0 Å². The molecule has 25 heavy (non-hydrogen) atoms. The molecule has 2 fully saturated rings. The number of carbonyl (C=O) groups excluding carboxylic acids is 2. The van der Waals surface area contributed by atoms with Crippen molar-refractivity contribution in [2.75, 3.05) is 0 Å². The van der Waals surface area contributed by atoms with Crippen molar-refractivity contribution >= 4 is 22.8 Å². The number of oxazole rings is 1. The van der Waals surface area contributed by atoms with E-state index in [-0.39, 0.29) is 17.6 Å². The number of benzene rings is 1. The van der Waals surface area contributed by atoms with Gasteiger partial charge >= 0.3 is 0 Å². The molecular weight excluding hydrogens is 316 g/mol. The highest BCUT2D eigenvalue weighted by atomic mass is 16.4. The molecule has 132 valence electrons. The van der Waals surface area contributed by atoms with Crippen molar-refractivity contribution in [1.29, 1.82) is 0 Å². The summed E-state index contributed by atoms with van der Waals surface area (Å²) in [6.07, 6.45) is 6.13. The lowest BCUT2D eigenvalue weighted by atomic mass is 9.86. The maximum atomic E-state index is 12.7. The first kappa shape index (κ1) is 16.3. The zero-order chi connectivity index (χ0) is 17.4. The summed E-state index contributed by atoms with van der Waals surface area (Å²) in [6.45, 7) is 1.89. The molecule has 4 atom stereocenters. The monoisotopic (exact) mass is 340 g/mol. The lowest BCUT2D eigenvalue weighted by Gasteiger charge is -2.22. The molecule has 2 aliphatic carbocycles. The zero-order valence-electron chi connectivity index (χ0n) is 14.5. The van der Waals surface area contributed by atoms with E-state index in [4.69, 9.17) is 4.42 Å². The minimum absolute atomic E-state index is 0.0196. The Morgan fingerprint density at radius 2 is 2.12 bits per heavy atom. The van der Waals surface area contributed by atoms with Crippen LogP contribution >= 0.6 is 0 Å². The summed E-state index contributed by atoms with van der Waals surface area (Å²) in [4.78, 5) is 29.4. The van der Waals surface area contributed by atoms with Crippen molar-refractivity contribution in [2.24, 2.45) is 17.8 Å². The maximum absolute atomic E-state index is 12.7. The Bertz CT molecular complexity index is 764. The van der Waals surface area contributed by atoms with E-state index in [1.54, 1.807) is 6.07 Å². The number of nitrogens with one attached hydrogen (secondary N) is 1. The molecule has 2 aliphatic rings. The molecular formula is C20H24N2O3. The van der Waals surface area contributed by atoms with E-state index in [0.29, 0.717) is 35.8 Å². The third kappa shape index (κ3) is 3.20. The third-order valence-corrected chi connectivity index (χ3v) is 5.90. The molecule has 4 rings (SSSR count). The summed E-state index contributed by atoms with van der Waals surface area (Å²) in [5, 5.41) is 2.91. The molecule has 5 nitrogen and oxygen atoms in total. The molecule has 4 unspecified atom stereocenters. The number of para-hydroxylation sites is 2. The number of Topliss-reactive ketones (excluding diaryl/α,β-unsaturated/α-hetero) is 1. The number of amides is 1. The average molecular weight is 340 g/mol. The lowest BCUT2D eigenvalue weighted by molar-refractivity contribution is -0.122. The Labute approximate surface area is 147 Å². The van der Waals surface area contributed by atoms with Crippen LogP contribution in [0.4, 0.5) is 0 Å². The highest BCUT2D eigenvalue weighted by molar-refractivity contribution is 6.00. The van der Waals surface area contributed by atoms with E-state index in [1.807, 2.05) is 25.1 Å². The van der Waals surface area contributed by atoms with Crippen LogP contribution in [0.2, 0.25) is 0 Å². The quantitative estimate of drug-likeness (QED) is 0.813. The predicted octanol–water partition coefficient (Wildman–Crippen LogP) is 3.73. The molecule has 2 aromatic rings. The number of aromatic nitrogens is 1. The van der Waals surface area contributed by atoms with Gasteiger partial charge in [-0.3, -0.25) is 9.59 Å². The Balaban J connectivity index is 1.40. The summed E-state index contributed by atoms with van der Waals surface area (Å²) in [5.74, 6) is 1.84.